The van der Waals surface area contributed by atoms with Crippen molar-refractivity contribution in [2.75, 3.05) is 26.7 Å². The first-order chi connectivity index (χ1) is 14.0. The van der Waals surface area contributed by atoms with Crippen molar-refractivity contribution in [2.24, 2.45) is 5.92 Å². The molecule has 29 heavy (non-hydrogen) atoms. The molecular weight excluding hydrogens is 366 g/mol. The number of aromatic nitrogens is 2. The zero-order valence-corrected chi connectivity index (χ0v) is 17.4. The van der Waals surface area contributed by atoms with Crippen molar-refractivity contribution < 1.29 is 9.59 Å². The summed E-state index contributed by atoms with van der Waals surface area (Å²) in [5, 5.41) is 3.24. The summed E-state index contributed by atoms with van der Waals surface area (Å²) in [6, 6.07) is 3.91. The molecule has 2 atom stereocenters. The molecule has 2 aromatic rings. The summed E-state index contributed by atoms with van der Waals surface area (Å²) in [5.74, 6) is 0.595. The number of nitrogens with zero attached hydrogens (tertiary/aromatic N) is 3. The molecule has 2 aliphatic rings. The highest BCUT2D eigenvalue weighted by molar-refractivity contribution is 5.96. The van der Waals surface area contributed by atoms with Crippen molar-refractivity contribution in [3.8, 4) is 0 Å². The van der Waals surface area contributed by atoms with E-state index in [0.29, 0.717) is 11.5 Å². The van der Waals surface area contributed by atoms with Gasteiger partial charge in [-0.05, 0) is 64.3 Å². The van der Waals surface area contributed by atoms with Crippen LogP contribution in [0.2, 0.25) is 0 Å². The monoisotopic (exact) mass is 397 g/mol. The first-order valence-corrected chi connectivity index (χ1v) is 10.8. The van der Waals surface area contributed by atoms with E-state index in [1.54, 1.807) is 6.20 Å². The van der Waals surface area contributed by atoms with E-state index in [4.69, 9.17) is 0 Å². The number of carbonyl (C=O) groups excluding carboxylic acids is 2. The zero-order valence-electron chi connectivity index (χ0n) is 17.4. The van der Waals surface area contributed by atoms with Gasteiger partial charge < -0.3 is 15.2 Å². The molecule has 0 radical (unpaired) electrons. The molecule has 2 aromatic heterocycles. The van der Waals surface area contributed by atoms with Crippen LogP contribution in [-0.2, 0) is 4.79 Å². The predicted octanol–water partition coefficient (Wildman–Crippen LogP) is 2.40. The van der Waals surface area contributed by atoms with Crippen LogP contribution in [0.3, 0.4) is 0 Å². The van der Waals surface area contributed by atoms with E-state index < -0.39 is 0 Å². The second-order valence-electron chi connectivity index (χ2n) is 8.55. The molecule has 2 unspecified atom stereocenters. The fourth-order valence-corrected chi connectivity index (χ4v) is 4.68. The number of carbonyl (C=O) groups is 2. The van der Waals surface area contributed by atoms with Crippen LogP contribution >= 0.6 is 0 Å². The van der Waals surface area contributed by atoms with Crippen LogP contribution in [0.4, 0.5) is 0 Å². The van der Waals surface area contributed by atoms with Crippen LogP contribution in [-0.4, -0.2) is 70.3 Å². The summed E-state index contributed by atoms with van der Waals surface area (Å²) < 4.78 is 0. The van der Waals surface area contributed by atoms with Crippen molar-refractivity contribution in [3.05, 3.63) is 30.1 Å². The average molecular weight is 398 g/mol. The molecule has 2 saturated heterocycles. The number of fused-ring (bicyclic) bond motifs is 1. The second-order valence-corrected chi connectivity index (χ2v) is 8.55. The SMILES string of the molecule is CC(NC(=O)C1CCCCN1C)C1CCN(C(=O)c2cnc3cc[nH]c3c2)CC1. The van der Waals surface area contributed by atoms with Gasteiger partial charge in [0.1, 0.15) is 0 Å². The van der Waals surface area contributed by atoms with Gasteiger partial charge >= 0.3 is 0 Å². The standard InChI is InChI=1S/C22H31N5O2/c1-15(25-21(28)20-5-3-4-10-26(20)2)16-7-11-27(12-8-16)22(29)17-13-19-18(24-14-17)6-9-23-19/h6,9,13-16,20,23H,3-5,7-8,10-12H2,1-2H3,(H,25,28). The number of likely N-dealkylation sites (tertiary alicyclic amines) is 2. The Morgan fingerprint density at radius 2 is 2.00 bits per heavy atom. The van der Waals surface area contributed by atoms with E-state index >= 15 is 0 Å². The summed E-state index contributed by atoms with van der Waals surface area (Å²) >= 11 is 0. The van der Waals surface area contributed by atoms with Gasteiger partial charge in [0.2, 0.25) is 5.91 Å². The Morgan fingerprint density at radius 1 is 1.21 bits per heavy atom. The van der Waals surface area contributed by atoms with E-state index in [9.17, 15) is 9.59 Å². The van der Waals surface area contributed by atoms with Gasteiger partial charge in [-0.3, -0.25) is 19.5 Å². The third kappa shape index (κ3) is 4.29. The second kappa shape index (κ2) is 8.53. The number of amides is 2. The third-order valence-electron chi connectivity index (χ3n) is 6.62. The summed E-state index contributed by atoms with van der Waals surface area (Å²) in [5.41, 5.74) is 2.38. The number of pyridine rings is 1. The van der Waals surface area contributed by atoms with E-state index in [-0.39, 0.29) is 23.9 Å². The number of likely N-dealkylation sites (N-methyl/N-ethyl adjacent to an activating group) is 1. The van der Waals surface area contributed by atoms with E-state index in [1.165, 1.54) is 6.42 Å². The van der Waals surface area contributed by atoms with Crippen LogP contribution < -0.4 is 5.32 Å². The molecule has 7 nitrogen and oxygen atoms in total. The summed E-state index contributed by atoms with van der Waals surface area (Å²) in [6.45, 7) is 4.54. The van der Waals surface area contributed by atoms with Gasteiger partial charge in [0, 0.05) is 31.5 Å². The van der Waals surface area contributed by atoms with Crippen molar-refractivity contribution in [3.63, 3.8) is 0 Å². The lowest BCUT2D eigenvalue weighted by atomic mass is 9.89. The number of aromatic amines is 1. The summed E-state index contributed by atoms with van der Waals surface area (Å²) in [6.07, 6.45) is 8.56. The van der Waals surface area contributed by atoms with Crippen molar-refractivity contribution in [1.82, 2.24) is 25.1 Å². The van der Waals surface area contributed by atoms with Crippen LogP contribution in [0.25, 0.3) is 11.0 Å². The Labute approximate surface area is 171 Å². The van der Waals surface area contributed by atoms with Gasteiger partial charge in [-0.1, -0.05) is 6.42 Å². The molecular formula is C22H31N5O2. The van der Waals surface area contributed by atoms with E-state index in [1.807, 2.05) is 30.3 Å². The largest absolute Gasteiger partial charge is 0.360 e. The number of rotatable bonds is 4. The lowest BCUT2D eigenvalue weighted by Gasteiger charge is -2.37. The van der Waals surface area contributed by atoms with Crippen LogP contribution in [0.1, 0.15) is 49.4 Å². The maximum atomic E-state index is 12.9. The molecule has 2 aliphatic heterocycles. The highest BCUT2D eigenvalue weighted by Gasteiger charge is 2.31. The maximum Gasteiger partial charge on any atom is 0.255 e. The first kappa shape index (κ1) is 19.9. The van der Waals surface area contributed by atoms with Crippen LogP contribution in [0.15, 0.2) is 24.5 Å². The van der Waals surface area contributed by atoms with Crippen molar-refractivity contribution >= 4 is 22.8 Å². The topological polar surface area (TPSA) is 81.3 Å². The van der Waals surface area contributed by atoms with Gasteiger partial charge in [-0.15, -0.1) is 0 Å². The van der Waals surface area contributed by atoms with Crippen LogP contribution in [0.5, 0.6) is 0 Å². The molecule has 0 bridgehead atoms. The third-order valence-corrected chi connectivity index (χ3v) is 6.62. The van der Waals surface area contributed by atoms with Gasteiger partial charge in [0.15, 0.2) is 0 Å². The van der Waals surface area contributed by atoms with E-state index in [2.05, 4.69) is 27.1 Å². The highest BCUT2D eigenvalue weighted by atomic mass is 16.2. The van der Waals surface area contributed by atoms with E-state index in [0.717, 1.165) is 56.4 Å². The molecule has 7 heteroatoms. The van der Waals surface area contributed by atoms with Gasteiger partial charge in [0.05, 0.1) is 22.6 Å². The quantitative estimate of drug-likeness (QED) is 0.830. The van der Waals surface area contributed by atoms with Crippen molar-refractivity contribution in [2.45, 2.75) is 51.1 Å². The van der Waals surface area contributed by atoms with Crippen LogP contribution in [0, 0.1) is 5.92 Å². The number of hydrogen-bond acceptors (Lipinski definition) is 4. The minimum Gasteiger partial charge on any atom is -0.360 e. The molecule has 0 aliphatic carbocycles. The molecule has 0 spiro atoms. The smallest absolute Gasteiger partial charge is 0.255 e. The molecule has 0 saturated carbocycles. The predicted molar refractivity (Wildman–Crippen MR) is 113 cm³/mol. The minimum atomic E-state index is 0.00303. The Bertz CT molecular complexity index is 871. The zero-order chi connectivity index (χ0) is 20.4. The fraction of sp³-hybridized carbons (Fsp3) is 0.591. The Balaban J connectivity index is 1.30. The lowest BCUT2D eigenvalue weighted by Crippen LogP contribution is -2.52. The van der Waals surface area contributed by atoms with Gasteiger partial charge in [-0.25, -0.2) is 0 Å². The number of piperidine rings is 2. The highest BCUT2D eigenvalue weighted by Crippen LogP contribution is 2.23. The fourth-order valence-electron chi connectivity index (χ4n) is 4.68. The summed E-state index contributed by atoms with van der Waals surface area (Å²) in [7, 11) is 2.04. The first-order valence-electron chi connectivity index (χ1n) is 10.8. The maximum absolute atomic E-state index is 12.9. The molecule has 2 fully saturated rings. The normalized spacial score (nSPS) is 22.6. The number of hydrogen-bond donors (Lipinski definition) is 2. The number of H-pyrrole nitrogens is 1. The lowest BCUT2D eigenvalue weighted by molar-refractivity contribution is -0.128. The molecule has 0 aromatic carbocycles. The Morgan fingerprint density at radius 3 is 2.76 bits per heavy atom. The molecule has 4 rings (SSSR count). The van der Waals surface area contributed by atoms with Gasteiger partial charge in [0.25, 0.3) is 5.91 Å². The summed E-state index contributed by atoms with van der Waals surface area (Å²) in [4.78, 5) is 37.1. The van der Waals surface area contributed by atoms with Crippen molar-refractivity contribution in [1.29, 1.82) is 0 Å². The van der Waals surface area contributed by atoms with Gasteiger partial charge in [-0.2, -0.15) is 0 Å². The molecule has 4 heterocycles. The Hall–Kier alpha value is -2.41. The molecule has 156 valence electrons. The Kier molecular flexibility index (Phi) is 5.85. The molecule has 2 N–H and O–H groups in total. The number of nitrogens with one attached hydrogen (secondary N) is 2. The molecule has 2 amide bonds. The average Bonchev–Trinajstić information content (AvgIpc) is 3.21. The minimum absolute atomic E-state index is 0.00303.